The fraction of sp³-hybridized carbons (Fsp3) is 0.182. The Labute approximate surface area is 117 Å². The quantitative estimate of drug-likeness (QED) is 0.934. The first-order chi connectivity index (χ1) is 9.10. The van der Waals surface area contributed by atoms with Crippen molar-refractivity contribution in [2.24, 2.45) is 0 Å². The molecule has 0 aliphatic heterocycles. The molecule has 0 saturated heterocycles. The molecule has 0 spiro atoms. The van der Waals surface area contributed by atoms with Crippen LogP contribution in [-0.4, -0.2) is 34.9 Å². The highest BCUT2D eigenvalue weighted by atomic mass is 35.5. The van der Waals surface area contributed by atoms with E-state index in [1.165, 1.54) is 14.2 Å². The highest BCUT2D eigenvalue weighted by Gasteiger charge is 2.25. The van der Waals surface area contributed by atoms with E-state index in [-0.39, 0.29) is 10.6 Å². The zero-order chi connectivity index (χ0) is 14.0. The van der Waals surface area contributed by atoms with Gasteiger partial charge >= 0.3 is 5.97 Å². The smallest absolute Gasteiger partial charge is 0.349 e. The summed E-state index contributed by atoms with van der Waals surface area (Å²) in [6.45, 7) is 0. The van der Waals surface area contributed by atoms with E-state index >= 15 is 0 Å². The minimum atomic E-state index is -1.12. The summed E-state index contributed by atoms with van der Waals surface area (Å²) >= 11 is 6.82. The average molecular weight is 301 g/mol. The maximum Gasteiger partial charge on any atom is 0.349 e. The zero-order valence-corrected chi connectivity index (χ0v) is 11.6. The fourth-order valence-corrected chi connectivity index (χ4v) is 2.37. The molecule has 19 heavy (non-hydrogen) atoms. The van der Waals surface area contributed by atoms with Gasteiger partial charge in [0.05, 0.1) is 24.8 Å². The molecule has 0 aliphatic carbocycles. The number of methoxy groups -OCH3 is 2. The number of halogens is 1. The number of rotatable bonds is 4. The summed E-state index contributed by atoms with van der Waals surface area (Å²) in [7, 11) is 2.90. The minimum absolute atomic E-state index is 0.00105. The monoisotopic (exact) mass is 300 g/mol. The van der Waals surface area contributed by atoms with Gasteiger partial charge in [0.15, 0.2) is 10.6 Å². The number of ether oxygens (including phenoxy) is 2. The topological polar surface area (TPSA) is 81.5 Å². The summed E-state index contributed by atoms with van der Waals surface area (Å²) in [4.78, 5) is 11.2. The molecule has 1 heterocycles. The third kappa shape index (κ3) is 2.34. The Morgan fingerprint density at radius 1 is 1.37 bits per heavy atom. The Hall–Kier alpha value is -1.86. The summed E-state index contributed by atoms with van der Waals surface area (Å²) in [5, 5.41) is 13.3. The summed E-state index contributed by atoms with van der Waals surface area (Å²) < 4.78 is 14.1. The summed E-state index contributed by atoms with van der Waals surface area (Å²) in [6, 6.07) is 3.22. The number of hydrogen-bond donors (Lipinski definition) is 1. The first-order valence-electron chi connectivity index (χ1n) is 5.06. The number of hydrogen-bond acceptors (Lipinski definition) is 6. The first kappa shape index (κ1) is 13.6. The lowest BCUT2D eigenvalue weighted by atomic mass is 10.1. The maximum absolute atomic E-state index is 11.2. The van der Waals surface area contributed by atoms with Crippen LogP contribution in [0.3, 0.4) is 0 Å². The number of benzene rings is 1. The van der Waals surface area contributed by atoms with E-state index in [0.29, 0.717) is 22.1 Å². The highest BCUT2D eigenvalue weighted by Crippen LogP contribution is 2.43. The van der Waals surface area contributed by atoms with Gasteiger partial charge in [-0.05, 0) is 23.7 Å². The Balaban J connectivity index is 2.76. The van der Waals surface area contributed by atoms with Gasteiger partial charge in [0.1, 0.15) is 11.4 Å². The molecule has 0 atom stereocenters. The Morgan fingerprint density at radius 3 is 2.68 bits per heavy atom. The molecule has 0 saturated carbocycles. The molecule has 0 bridgehead atoms. The fourth-order valence-electron chi connectivity index (χ4n) is 1.63. The summed E-state index contributed by atoms with van der Waals surface area (Å²) in [5.74, 6) is -0.401. The van der Waals surface area contributed by atoms with Crippen molar-refractivity contribution in [1.29, 1.82) is 0 Å². The molecule has 0 radical (unpaired) electrons. The van der Waals surface area contributed by atoms with Gasteiger partial charge in [-0.15, -0.1) is 5.10 Å². The van der Waals surface area contributed by atoms with E-state index in [9.17, 15) is 4.79 Å². The van der Waals surface area contributed by atoms with E-state index in [2.05, 4.69) is 9.59 Å². The van der Waals surface area contributed by atoms with Crippen molar-refractivity contribution < 1.29 is 19.4 Å². The second-order valence-electron chi connectivity index (χ2n) is 3.41. The Kier molecular flexibility index (Phi) is 3.87. The van der Waals surface area contributed by atoms with Crippen LogP contribution in [-0.2, 0) is 0 Å². The molecule has 2 aromatic rings. The molecular formula is C11H9ClN2O4S. The molecular weight excluding hydrogens is 292 g/mol. The zero-order valence-electron chi connectivity index (χ0n) is 10.0. The number of carboxylic acid groups (broad SMARTS) is 1. The average Bonchev–Trinajstić information content (AvgIpc) is 2.87. The molecule has 2 rings (SSSR count). The lowest BCUT2D eigenvalue weighted by molar-refractivity contribution is 0.0702. The molecule has 0 aliphatic rings. The van der Waals surface area contributed by atoms with Crippen LogP contribution in [0.5, 0.6) is 11.5 Å². The van der Waals surface area contributed by atoms with E-state index in [1.54, 1.807) is 12.1 Å². The number of aromatic carboxylic acids is 1. The van der Waals surface area contributed by atoms with E-state index in [0.717, 1.165) is 11.5 Å². The van der Waals surface area contributed by atoms with Gasteiger partial charge in [-0.1, -0.05) is 16.1 Å². The van der Waals surface area contributed by atoms with Crippen molar-refractivity contribution in [2.75, 3.05) is 14.2 Å². The highest BCUT2D eigenvalue weighted by molar-refractivity contribution is 7.08. The SMILES string of the molecule is COc1ccc(Cl)c(OC)c1-c1nnsc1C(=O)O. The van der Waals surface area contributed by atoms with Crippen molar-refractivity contribution in [1.82, 2.24) is 9.59 Å². The van der Waals surface area contributed by atoms with Crippen LogP contribution in [0.15, 0.2) is 12.1 Å². The van der Waals surface area contributed by atoms with Gasteiger partial charge in [-0.25, -0.2) is 4.79 Å². The van der Waals surface area contributed by atoms with Crippen LogP contribution in [0.2, 0.25) is 5.02 Å². The van der Waals surface area contributed by atoms with Crippen molar-refractivity contribution in [2.45, 2.75) is 0 Å². The minimum Gasteiger partial charge on any atom is -0.496 e. The van der Waals surface area contributed by atoms with Crippen molar-refractivity contribution in [3.05, 3.63) is 22.0 Å². The van der Waals surface area contributed by atoms with Gasteiger partial charge in [0, 0.05) is 0 Å². The molecule has 0 amide bonds. The first-order valence-corrected chi connectivity index (χ1v) is 6.21. The Bertz CT molecular complexity index is 629. The van der Waals surface area contributed by atoms with E-state index < -0.39 is 5.97 Å². The summed E-state index contributed by atoms with van der Waals surface area (Å²) in [6.07, 6.45) is 0. The third-order valence-electron chi connectivity index (χ3n) is 2.41. The van der Waals surface area contributed by atoms with Crippen LogP contribution in [0.4, 0.5) is 0 Å². The molecule has 0 fully saturated rings. The second kappa shape index (κ2) is 5.41. The molecule has 100 valence electrons. The van der Waals surface area contributed by atoms with Gasteiger partial charge in [-0.3, -0.25) is 0 Å². The standard InChI is InChI=1S/C11H9ClN2O4S/c1-17-6-4-3-5(12)9(18-2)7(6)8-10(11(15)16)19-14-13-8/h3-4H,1-2H3,(H,15,16). The predicted molar refractivity (Wildman–Crippen MR) is 70.4 cm³/mol. The molecule has 1 aromatic heterocycles. The Morgan fingerprint density at radius 2 is 2.11 bits per heavy atom. The number of nitrogens with zero attached hydrogens (tertiary/aromatic N) is 2. The van der Waals surface area contributed by atoms with Crippen LogP contribution in [0, 0.1) is 0 Å². The molecule has 1 N–H and O–H groups in total. The summed E-state index contributed by atoms with van der Waals surface area (Å²) in [5.41, 5.74) is 0.553. The predicted octanol–water partition coefficient (Wildman–Crippen LogP) is 2.57. The largest absolute Gasteiger partial charge is 0.496 e. The maximum atomic E-state index is 11.2. The lowest BCUT2D eigenvalue weighted by Crippen LogP contribution is -1.99. The van der Waals surface area contributed by atoms with Gasteiger partial charge in [0.2, 0.25) is 0 Å². The van der Waals surface area contributed by atoms with Crippen LogP contribution in [0.1, 0.15) is 9.67 Å². The number of carboxylic acids is 1. The third-order valence-corrected chi connectivity index (χ3v) is 3.43. The number of aromatic nitrogens is 2. The second-order valence-corrected chi connectivity index (χ2v) is 4.58. The van der Waals surface area contributed by atoms with Crippen LogP contribution < -0.4 is 9.47 Å². The normalized spacial score (nSPS) is 10.3. The van der Waals surface area contributed by atoms with Crippen LogP contribution in [0.25, 0.3) is 11.3 Å². The van der Waals surface area contributed by atoms with Crippen molar-refractivity contribution >= 4 is 29.1 Å². The van der Waals surface area contributed by atoms with Crippen molar-refractivity contribution in [3.8, 4) is 22.8 Å². The van der Waals surface area contributed by atoms with Gasteiger partial charge < -0.3 is 14.6 Å². The van der Waals surface area contributed by atoms with Crippen molar-refractivity contribution in [3.63, 3.8) is 0 Å². The molecule has 0 unspecified atom stereocenters. The van der Waals surface area contributed by atoms with E-state index in [1.807, 2.05) is 0 Å². The number of carbonyl (C=O) groups is 1. The lowest BCUT2D eigenvalue weighted by Gasteiger charge is -2.12. The molecule has 1 aromatic carbocycles. The molecule has 6 nitrogen and oxygen atoms in total. The van der Waals surface area contributed by atoms with E-state index in [4.69, 9.17) is 26.2 Å². The molecule has 8 heteroatoms. The van der Waals surface area contributed by atoms with Gasteiger partial charge in [-0.2, -0.15) is 0 Å². The van der Waals surface area contributed by atoms with Gasteiger partial charge in [0.25, 0.3) is 0 Å². The van der Waals surface area contributed by atoms with Crippen LogP contribution >= 0.6 is 23.1 Å².